The molecule has 9 nitrogen and oxygen atoms in total. The minimum absolute atomic E-state index is 0.183. The predicted octanol–water partition coefficient (Wildman–Crippen LogP) is 2.98. The summed E-state index contributed by atoms with van der Waals surface area (Å²) in [6.45, 7) is 4.09. The van der Waals surface area contributed by atoms with Crippen LogP contribution in [0, 0.1) is 18.3 Å². The molecule has 1 aromatic carbocycles. The van der Waals surface area contributed by atoms with Gasteiger partial charge < -0.3 is 15.8 Å². The van der Waals surface area contributed by atoms with Crippen molar-refractivity contribution in [1.82, 2.24) is 24.7 Å². The molecule has 3 N–H and O–H groups in total. The van der Waals surface area contributed by atoms with Crippen molar-refractivity contribution in [3.05, 3.63) is 59.5 Å². The zero-order chi connectivity index (χ0) is 22.8. The Morgan fingerprint density at radius 1 is 1.25 bits per heavy atom. The summed E-state index contributed by atoms with van der Waals surface area (Å²) >= 11 is 0. The number of hydrogen-bond acceptors (Lipinski definition) is 7. The maximum absolute atomic E-state index is 12.6. The number of nitriles is 1. The highest BCUT2D eigenvalue weighted by molar-refractivity contribution is 5.97. The van der Waals surface area contributed by atoms with E-state index in [1.165, 1.54) is 7.11 Å². The smallest absolute Gasteiger partial charge is 0.271 e. The maximum atomic E-state index is 12.6. The van der Waals surface area contributed by atoms with Crippen LogP contribution in [0.2, 0.25) is 0 Å². The first kappa shape index (κ1) is 20.8. The molecule has 9 heteroatoms. The zero-order valence-electron chi connectivity index (χ0n) is 17.9. The van der Waals surface area contributed by atoms with Crippen LogP contribution < -0.4 is 15.8 Å². The van der Waals surface area contributed by atoms with E-state index >= 15 is 0 Å². The molecule has 0 atom stereocenters. The third-order valence-electron chi connectivity index (χ3n) is 5.07. The number of aromatic nitrogens is 4. The Kier molecular flexibility index (Phi) is 5.43. The fraction of sp³-hybridized carbons (Fsp3) is 0.174. The van der Waals surface area contributed by atoms with Gasteiger partial charge >= 0.3 is 0 Å². The van der Waals surface area contributed by atoms with E-state index in [4.69, 9.17) is 10.5 Å². The number of rotatable bonds is 5. The summed E-state index contributed by atoms with van der Waals surface area (Å²) in [5.41, 5.74) is 10.8. The first-order chi connectivity index (χ1) is 15.5. The minimum Gasteiger partial charge on any atom is -0.481 e. The van der Waals surface area contributed by atoms with Gasteiger partial charge in [0.05, 0.1) is 35.7 Å². The van der Waals surface area contributed by atoms with E-state index in [1.807, 2.05) is 19.1 Å². The molecule has 0 fully saturated rings. The van der Waals surface area contributed by atoms with Gasteiger partial charge in [0.15, 0.2) is 5.65 Å². The SMILES string of the molecule is CCNC(=O)c1nc2c(-c3ccnc(OC)c3)c(-c3cccc(C#N)c3)nc(N)n2c1C. The molecule has 0 aliphatic rings. The summed E-state index contributed by atoms with van der Waals surface area (Å²) in [7, 11) is 1.53. The average Bonchev–Trinajstić information content (AvgIpc) is 3.16. The molecule has 0 aliphatic heterocycles. The summed E-state index contributed by atoms with van der Waals surface area (Å²) in [4.78, 5) is 26.1. The second-order valence-electron chi connectivity index (χ2n) is 7.04. The zero-order valence-corrected chi connectivity index (χ0v) is 17.9. The molecule has 4 rings (SSSR count). The summed E-state index contributed by atoms with van der Waals surface area (Å²) in [5, 5.41) is 12.1. The van der Waals surface area contributed by atoms with Crippen molar-refractivity contribution in [2.45, 2.75) is 13.8 Å². The Bertz CT molecular complexity index is 1390. The number of benzene rings is 1. The van der Waals surface area contributed by atoms with Crippen LogP contribution in [0.1, 0.15) is 28.7 Å². The number of aryl methyl sites for hydroxylation is 1. The van der Waals surface area contributed by atoms with Gasteiger partial charge in [-0.15, -0.1) is 0 Å². The van der Waals surface area contributed by atoms with Crippen LogP contribution >= 0.6 is 0 Å². The monoisotopic (exact) mass is 427 g/mol. The number of methoxy groups -OCH3 is 1. The molecule has 3 heterocycles. The third-order valence-corrected chi connectivity index (χ3v) is 5.07. The number of pyridine rings is 1. The molecule has 160 valence electrons. The fourth-order valence-electron chi connectivity index (χ4n) is 3.62. The van der Waals surface area contributed by atoms with Crippen LogP contribution in [-0.2, 0) is 0 Å². The Labute approximate surface area is 184 Å². The van der Waals surface area contributed by atoms with Gasteiger partial charge in [-0.25, -0.2) is 15.0 Å². The molecule has 0 radical (unpaired) electrons. The van der Waals surface area contributed by atoms with Crippen LogP contribution in [0.3, 0.4) is 0 Å². The Morgan fingerprint density at radius 3 is 2.78 bits per heavy atom. The standard InChI is InChI=1S/C23H21N7O2/c1-4-26-22(31)19-13(2)30-21(28-19)18(15-8-9-27-17(11-15)32-3)20(29-23(30)25)16-7-5-6-14(10-16)12-24/h5-11H,4H2,1-3H3,(H2,25,29)(H,26,31). The maximum Gasteiger partial charge on any atom is 0.271 e. The van der Waals surface area contributed by atoms with Gasteiger partial charge in [-0.1, -0.05) is 12.1 Å². The number of nitrogens with zero attached hydrogens (tertiary/aromatic N) is 5. The largest absolute Gasteiger partial charge is 0.481 e. The molecular weight excluding hydrogens is 406 g/mol. The molecule has 0 unspecified atom stereocenters. The van der Waals surface area contributed by atoms with Crippen molar-refractivity contribution in [2.24, 2.45) is 0 Å². The number of nitrogens with two attached hydrogens (primary N) is 1. The average molecular weight is 427 g/mol. The second kappa shape index (κ2) is 8.35. The molecule has 3 aromatic heterocycles. The van der Waals surface area contributed by atoms with Gasteiger partial charge in [-0.3, -0.25) is 9.20 Å². The van der Waals surface area contributed by atoms with E-state index < -0.39 is 0 Å². The molecule has 0 saturated carbocycles. The van der Waals surface area contributed by atoms with Crippen molar-refractivity contribution < 1.29 is 9.53 Å². The number of nitrogens with one attached hydrogen (secondary N) is 1. The van der Waals surface area contributed by atoms with E-state index in [0.717, 1.165) is 5.56 Å². The molecule has 0 spiro atoms. The predicted molar refractivity (Wildman–Crippen MR) is 120 cm³/mol. The summed E-state index contributed by atoms with van der Waals surface area (Å²) in [6.07, 6.45) is 1.62. The highest BCUT2D eigenvalue weighted by Crippen LogP contribution is 2.37. The van der Waals surface area contributed by atoms with Gasteiger partial charge in [0.25, 0.3) is 5.91 Å². The van der Waals surface area contributed by atoms with Crippen molar-refractivity contribution in [3.8, 4) is 34.3 Å². The topological polar surface area (TPSA) is 131 Å². The Morgan fingerprint density at radius 2 is 2.06 bits per heavy atom. The molecular formula is C23H21N7O2. The Balaban J connectivity index is 2.11. The molecule has 0 bridgehead atoms. The van der Waals surface area contributed by atoms with Gasteiger partial charge in [-0.05, 0) is 37.6 Å². The number of anilines is 1. The van der Waals surface area contributed by atoms with Crippen LogP contribution in [0.15, 0.2) is 42.6 Å². The van der Waals surface area contributed by atoms with Gasteiger partial charge in [0, 0.05) is 24.4 Å². The first-order valence-corrected chi connectivity index (χ1v) is 9.96. The van der Waals surface area contributed by atoms with Crippen molar-refractivity contribution in [1.29, 1.82) is 5.26 Å². The minimum atomic E-state index is -0.292. The highest BCUT2D eigenvalue weighted by Gasteiger charge is 2.24. The summed E-state index contributed by atoms with van der Waals surface area (Å²) in [6, 6.07) is 12.8. The second-order valence-corrected chi connectivity index (χ2v) is 7.04. The number of ether oxygens (including phenoxy) is 1. The molecule has 32 heavy (non-hydrogen) atoms. The number of fused-ring (bicyclic) bond motifs is 1. The highest BCUT2D eigenvalue weighted by atomic mass is 16.5. The third kappa shape index (κ3) is 3.48. The van der Waals surface area contributed by atoms with Gasteiger partial charge in [-0.2, -0.15) is 5.26 Å². The van der Waals surface area contributed by atoms with E-state index in [2.05, 4.69) is 26.3 Å². The fourth-order valence-corrected chi connectivity index (χ4v) is 3.62. The lowest BCUT2D eigenvalue weighted by Crippen LogP contribution is -2.23. The Hall–Kier alpha value is -4.45. The molecule has 0 saturated heterocycles. The van der Waals surface area contributed by atoms with E-state index in [-0.39, 0.29) is 17.5 Å². The number of amides is 1. The van der Waals surface area contributed by atoms with Gasteiger partial charge in [0.1, 0.15) is 5.69 Å². The van der Waals surface area contributed by atoms with Gasteiger partial charge in [0.2, 0.25) is 11.8 Å². The summed E-state index contributed by atoms with van der Waals surface area (Å²) < 4.78 is 6.96. The molecule has 1 amide bonds. The van der Waals surface area contributed by atoms with Crippen LogP contribution in [0.4, 0.5) is 5.95 Å². The number of hydrogen-bond donors (Lipinski definition) is 2. The number of nitrogen functional groups attached to an aromatic ring is 1. The quantitative estimate of drug-likeness (QED) is 0.500. The van der Waals surface area contributed by atoms with Crippen molar-refractivity contribution in [3.63, 3.8) is 0 Å². The number of carbonyl (C=O) groups excluding carboxylic acids is 1. The summed E-state index contributed by atoms with van der Waals surface area (Å²) in [5.74, 6) is 0.309. The first-order valence-electron chi connectivity index (χ1n) is 9.96. The number of carbonyl (C=O) groups is 1. The molecule has 0 aliphatic carbocycles. The van der Waals surface area contributed by atoms with Crippen LogP contribution in [0.25, 0.3) is 28.0 Å². The number of imidazole rings is 1. The molecule has 4 aromatic rings. The lowest BCUT2D eigenvalue weighted by molar-refractivity contribution is 0.0951. The van der Waals surface area contributed by atoms with E-state index in [9.17, 15) is 10.1 Å². The lowest BCUT2D eigenvalue weighted by atomic mass is 9.99. The lowest BCUT2D eigenvalue weighted by Gasteiger charge is -2.14. The van der Waals surface area contributed by atoms with Crippen LogP contribution in [0.5, 0.6) is 5.88 Å². The van der Waals surface area contributed by atoms with Crippen LogP contribution in [-0.4, -0.2) is 38.9 Å². The van der Waals surface area contributed by atoms with Crippen molar-refractivity contribution >= 4 is 17.5 Å². The van der Waals surface area contributed by atoms with E-state index in [0.29, 0.717) is 46.2 Å². The van der Waals surface area contributed by atoms with Crippen molar-refractivity contribution in [2.75, 3.05) is 19.4 Å². The van der Waals surface area contributed by atoms with E-state index in [1.54, 1.807) is 41.8 Å². The normalized spacial score (nSPS) is 10.7.